The highest BCUT2D eigenvalue weighted by Gasteiger charge is 2.27. The maximum Gasteiger partial charge on any atom is 0.0476 e. The Morgan fingerprint density at radius 2 is 2.06 bits per heavy atom. The van der Waals surface area contributed by atoms with Crippen molar-refractivity contribution in [3.05, 3.63) is 34.9 Å². The van der Waals surface area contributed by atoms with Crippen molar-refractivity contribution < 1.29 is 0 Å². The van der Waals surface area contributed by atoms with Crippen molar-refractivity contribution in [1.82, 2.24) is 10.2 Å². The van der Waals surface area contributed by atoms with Gasteiger partial charge in [-0.2, -0.15) is 0 Å². The van der Waals surface area contributed by atoms with Gasteiger partial charge >= 0.3 is 0 Å². The van der Waals surface area contributed by atoms with Crippen molar-refractivity contribution in [3.8, 4) is 0 Å². The Balaban J connectivity index is 1.94. The molecule has 0 spiro atoms. The van der Waals surface area contributed by atoms with E-state index in [-0.39, 0.29) is 0 Å². The zero-order valence-corrected chi connectivity index (χ0v) is 10.00. The highest BCUT2D eigenvalue weighted by Crippen LogP contribution is 2.30. The van der Waals surface area contributed by atoms with E-state index in [4.69, 9.17) is 0 Å². The third kappa shape index (κ3) is 1.76. The zero-order chi connectivity index (χ0) is 11.0. The predicted molar refractivity (Wildman–Crippen MR) is 66.4 cm³/mol. The highest BCUT2D eigenvalue weighted by atomic mass is 15.2. The lowest BCUT2D eigenvalue weighted by Gasteiger charge is -2.33. The van der Waals surface area contributed by atoms with E-state index in [0.29, 0.717) is 6.04 Å². The predicted octanol–water partition coefficient (Wildman–Crippen LogP) is 2.24. The molecule has 2 nitrogen and oxygen atoms in total. The minimum Gasteiger partial charge on any atom is -0.311 e. The maximum atomic E-state index is 3.55. The van der Waals surface area contributed by atoms with E-state index in [0.717, 1.165) is 13.1 Å². The average molecular weight is 216 g/mol. The first-order valence-corrected chi connectivity index (χ1v) is 6.39. The van der Waals surface area contributed by atoms with Crippen molar-refractivity contribution in [2.75, 3.05) is 19.6 Å². The van der Waals surface area contributed by atoms with Crippen LogP contribution in [0, 0.1) is 6.92 Å². The Morgan fingerprint density at radius 3 is 2.88 bits per heavy atom. The average Bonchev–Trinajstić information content (AvgIpc) is 2.81. The topological polar surface area (TPSA) is 15.3 Å². The first-order valence-electron chi connectivity index (χ1n) is 6.39. The largest absolute Gasteiger partial charge is 0.311 e. The highest BCUT2D eigenvalue weighted by molar-refractivity contribution is 5.36. The summed E-state index contributed by atoms with van der Waals surface area (Å²) in [5.41, 5.74) is 4.46. The Kier molecular flexibility index (Phi) is 2.70. The molecule has 1 fully saturated rings. The molecule has 1 saturated heterocycles. The van der Waals surface area contributed by atoms with Crippen molar-refractivity contribution in [1.29, 1.82) is 0 Å². The van der Waals surface area contributed by atoms with Crippen LogP contribution in [0.4, 0.5) is 0 Å². The molecule has 2 heteroatoms. The summed E-state index contributed by atoms with van der Waals surface area (Å²) in [6.07, 6.45) is 2.75. The van der Waals surface area contributed by atoms with Gasteiger partial charge in [0.15, 0.2) is 0 Å². The summed E-state index contributed by atoms with van der Waals surface area (Å²) in [5.74, 6) is 0. The van der Waals surface area contributed by atoms with Crippen molar-refractivity contribution in [2.45, 2.75) is 32.4 Å². The zero-order valence-electron chi connectivity index (χ0n) is 10.00. The van der Waals surface area contributed by atoms with E-state index < -0.39 is 0 Å². The SMILES string of the molecule is Cc1ccc2c(c1)[C@H](N1CCCC1)CNC2. The van der Waals surface area contributed by atoms with E-state index in [2.05, 4.69) is 35.3 Å². The van der Waals surface area contributed by atoms with Crippen LogP contribution in [0.25, 0.3) is 0 Å². The fraction of sp³-hybridized carbons (Fsp3) is 0.571. The number of hydrogen-bond donors (Lipinski definition) is 1. The number of nitrogens with one attached hydrogen (secondary N) is 1. The number of aryl methyl sites for hydroxylation is 1. The lowest BCUT2D eigenvalue weighted by Crippen LogP contribution is -2.38. The second-order valence-corrected chi connectivity index (χ2v) is 5.09. The van der Waals surface area contributed by atoms with Crippen LogP contribution in [-0.2, 0) is 6.54 Å². The molecule has 0 saturated carbocycles. The normalized spacial score (nSPS) is 25.7. The summed E-state index contributed by atoms with van der Waals surface area (Å²) in [6.45, 7) is 6.92. The molecular formula is C14H20N2. The molecule has 1 aromatic rings. The number of nitrogens with zero attached hydrogens (tertiary/aromatic N) is 1. The molecule has 1 N–H and O–H groups in total. The molecular weight excluding hydrogens is 196 g/mol. The maximum absolute atomic E-state index is 3.55. The Hall–Kier alpha value is -0.860. The van der Waals surface area contributed by atoms with Crippen molar-refractivity contribution in [3.63, 3.8) is 0 Å². The fourth-order valence-electron chi connectivity index (χ4n) is 3.02. The summed E-state index contributed by atoms with van der Waals surface area (Å²) in [6, 6.07) is 7.53. The molecule has 0 radical (unpaired) electrons. The van der Waals surface area contributed by atoms with Gasteiger partial charge in [-0.15, -0.1) is 0 Å². The fourth-order valence-corrected chi connectivity index (χ4v) is 3.02. The molecule has 2 aliphatic rings. The summed E-state index contributed by atoms with van der Waals surface area (Å²) >= 11 is 0. The van der Waals surface area contributed by atoms with Gasteiger partial charge in [0, 0.05) is 19.1 Å². The Morgan fingerprint density at radius 1 is 1.25 bits per heavy atom. The first-order chi connectivity index (χ1) is 7.84. The van der Waals surface area contributed by atoms with Crippen LogP contribution in [0.2, 0.25) is 0 Å². The van der Waals surface area contributed by atoms with Gasteiger partial charge < -0.3 is 5.32 Å². The van der Waals surface area contributed by atoms with E-state index >= 15 is 0 Å². The van der Waals surface area contributed by atoms with Crippen molar-refractivity contribution >= 4 is 0 Å². The van der Waals surface area contributed by atoms with Crippen LogP contribution < -0.4 is 5.32 Å². The molecule has 3 rings (SSSR count). The van der Waals surface area contributed by atoms with E-state index in [1.165, 1.54) is 37.1 Å². The third-order valence-electron chi connectivity index (χ3n) is 3.89. The number of hydrogen-bond acceptors (Lipinski definition) is 2. The summed E-state index contributed by atoms with van der Waals surface area (Å²) in [5, 5.41) is 3.55. The van der Waals surface area contributed by atoms with Gasteiger partial charge in [0.05, 0.1) is 0 Å². The number of benzene rings is 1. The molecule has 16 heavy (non-hydrogen) atoms. The second-order valence-electron chi connectivity index (χ2n) is 5.09. The standard InChI is InChI=1S/C14H20N2/c1-11-4-5-12-9-15-10-14(13(12)8-11)16-6-2-3-7-16/h4-5,8,14-15H,2-3,6-7,9-10H2,1H3/t14-/m1/s1. The van der Waals surface area contributed by atoms with Gasteiger partial charge in [-0.05, 0) is 44.0 Å². The van der Waals surface area contributed by atoms with Crippen LogP contribution in [0.15, 0.2) is 18.2 Å². The molecule has 2 aliphatic heterocycles. The van der Waals surface area contributed by atoms with E-state index in [9.17, 15) is 0 Å². The van der Waals surface area contributed by atoms with Crippen LogP contribution in [0.5, 0.6) is 0 Å². The van der Waals surface area contributed by atoms with Gasteiger partial charge in [-0.25, -0.2) is 0 Å². The number of likely N-dealkylation sites (tertiary alicyclic amines) is 1. The Bertz CT molecular complexity index is 380. The van der Waals surface area contributed by atoms with Gasteiger partial charge in [0.1, 0.15) is 0 Å². The third-order valence-corrected chi connectivity index (χ3v) is 3.89. The van der Waals surface area contributed by atoms with E-state index in [1.54, 1.807) is 5.56 Å². The van der Waals surface area contributed by atoms with Gasteiger partial charge in [0.25, 0.3) is 0 Å². The van der Waals surface area contributed by atoms with Gasteiger partial charge in [-0.1, -0.05) is 23.8 Å². The molecule has 0 bridgehead atoms. The molecule has 0 aliphatic carbocycles. The van der Waals surface area contributed by atoms with Gasteiger partial charge in [0.2, 0.25) is 0 Å². The Labute approximate surface area is 97.6 Å². The molecule has 86 valence electrons. The van der Waals surface area contributed by atoms with Crippen molar-refractivity contribution in [2.24, 2.45) is 0 Å². The minimum atomic E-state index is 0.617. The van der Waals surface area contributed by atoms with Crippen LogP contribution >= 0.6 is 0 Å². The summed E-state index contributed by atoms with van der Waals surface area (Å²) in [7, 11) is 0. The summed E-state index contributed by atoms with van der Waals surface area (Å²) in [4.78, 5) is 2.64. The molecule has 1 atom stereocenters. The lowest BCUT2D eigenvalue weighted by molar-refractivity contribution is 0.228. The smallest absolute Gasteiger partial charge is 0.0476 e. The quantitative estimate of drug-likeness (QED) is 0.774. The van der Waals surface area contributed by atoms with Gasteiger partial charge in [-0.3, -0.25) is 4.90 Å². The van der Waals surface area contributed by atoms with Crippen LogP contribution in [-0.4, -0.2) is 24.5 Å². The number of fused-ring (bicyclic) bond motifs is 1. The molecule has 0 amide bonds. The molecule has 2 heterocycles. The van der Waals surface area contributed by atoms with Crippen LogP contribution in [0.3, 0.4) is 0 Å². The molecule has 0 aromatic heterocycles. The number of rotatable bonds is 1. The first kappa shape index (κ1) is 10.3. The van der Waals surface area contributed by atoms with E-state index in [1.807, 2.05) is 0 Å². The monoisotopic (exact) mass is 216 g/mol. The minimum absolute atomic E-state index is 0.617. The summed E-state index contributed by atoms with van der Waals surface area (Å²) < 4.78 is 0. The lowest BCUT2D eigenvalue weighted by atomic mass is 9.94. The molecule has 1 aromatic carbocycles. The van der Waals surface area contributed by atoms with Crippen LogP contribution in [0.1, 0.15) is 35.6 Å². The second kappa shape index (κ2) is 4.19. The molecule has 0 unspecified atom stereocenters.